The molecule has 0 radical (unpaired) electrons. The van der Waals surface area contributed by atoms with Crippen molar-refractivity contribution < 1.29 is 5.11 Å². The van der Waals surface area contributed by atoms with Crippen LogP contribution in [0.2, 0.25) is 5.02 Å². The number of fused-ring (bicyclic) bond motifs is 1. The zero-order valence-corrected chi connectivity index (χ0v) is 10.0. The lowest BCUT2D eigenvalue weighted by Gasteiger charge is -2.26. The summed E-state index contributed by atoms with van der Waals surface area (Å²) < 4.78 is 0. The molecule has 2 rings (SSSR count). The molecule has 1 heterocycles. The van der Waals surface area contributed by atoms with Crippen LogP contribution in [0.15, 0.2) is 18.2 Å². The van der Waals surface area contributed by atoms with Crippen molar-refractivity contribution in [2.24, 2.45) is 0 Å². The standard InChI is InChI=1S/C12H16ClNO/c1-12(2,15)10-7-14(3)11-5-4-8(13)6-9(10)11/h4-6,10,15H,7H2,1-3H3. The fourth-order valence-electron chi connectivity index (χ4n) is 2.23. The predicted molar refractivity (Wildman–Crippen MR) is 63.8 cm³/mol. The zero-order valence-electron chi connectivity index (χ0n) is 9.29. The highest BCUT2D eigenvalue weighted by Gasteiger charge is 2.36. The number of hydrogen-bond donors (Lipinski definition) is 1. The number of benzene rings is 1. The molecular weight excluding hydrogens is 210 g/mol. The molecular formula is C12H16ClNO. The van der Waals surface area contributed by atoms with E-state index in [1.807, 2.05) is 39.1 Å². The number of likely N-dealkylation sites (N-methyl/N-ethyl adjacent to an activating group) is 1. The highest BCUT2D eigenvalue weighted by atomic mass is 35.5. The van der Waals surface area contributed by atoms with Gasteiger partial charge >= 0.3 is 0 Å². The summed E-state index contributed by atoms with van der Waals surface area (Å²) in [5.41, 5.74) is 1.62. The lowest BCUT2D eigenvalue weighted by molar-refractivity contribution is 0.0550. The second-order valence-corrected chi connectivity index (χ2v) is 5.23. The number of hydrogen-bond acceptors (Lipinski definition) is 2. The first-order valence-electron chi connectivity index (χ1n) is 5.12. The van der Waals surface area contributed by atoms with E-state index in [-0.39, 0.29) is 5.92 Å². The van der Waals surface area contributed by atoms with Gasteiger partial charge in [-0.15, -0.1) is 0 Å². The molecule has 1 aromatic rings. The van der Waals surface area contributed by atoms with E-state index >= 15 is 0 Å². The van der Waals surface area contributed by atoms with Gasteiger partial charge in [-0.2, -0.15) is 0 Å². The maximum atomic E-state index is 10.1. The minimum Gasteiger partial charge on any atom is -0.390 e. The van der Waals surface area contributed by atoms with Gasteiger partial charge in [0.05, 0.1) is 5.60 Å². The molecule has 1 aliphatic heterocycles. The minimum atomic E-state index is -0.704. The van der Waals surface area contributed by atoms with Gasteiger partial charge in [-0.05, 0) is 37.6 Å². The predicted octanol–water partition coefficient (Wildman–Crippen LogP) is 2.64. The van der Waals surface area contributed by atoms with Crippen LogP contribution in [0.3, 0.4) is 0 Å². The Hall–Kier alpha value is -0.730. The normalized spacial score (nSPS) is 20.6. The van der Waals surface area contributed by atoms with Gasteiger partial charge in [-0.3, -0.25) is 0 Å². The van der Waals surface area contributed by atoms with Crippen molar-refractivity contribution in [1.82, 2.24) is 0 Å². The first kappa shape index (κ1) is 10.8. The summed E-state index contributed by atoms with van der Waals surface area (Å²) in [7, 11) is 2.04. The molecule has 0 aromatic heterocycles. The van der Waals surface area contributed by atoms with Crippen molar-refractivity contribution >= 4 is 17.3 Å². The Morgan fingerprint density at radius 2 is 2.13 bits per heavy atom. The van der Waals surface area contributed by atoms with Crippen LogP contribution in [-0.4, -0.2) is 24.3 Å². The number of anilines is 1. The number of nitrogens with zero attached hydrogens (tertiary/aromatic N) is 1. The Kier molecular flexibility index (Phi) is 2.44. The van der Waals surface area contributed by atoms with Crippen LogP contribution < -0.4 is 4.90 Å². The topological polar surface area (TPSA) is 23.5 Å². The van der Waals surface area contributed by atoms with Gasteiger partial charge in [-0.25, -0.2) is 0 Å². The average Bonchev–Trinajstić information content (AvgIpc) is 2.42. The first-order valence-corrected chi connectivity index (χ1v) is 5.50. The van der Waals surface area contributed by atoms with Crippen molar-refractivity contribution in [1.29, 1.82) is 0 Å². The van der Waals surface area contributed by atoms with Gasteiger partial charge in [0, 0.05) is 30.2 Å². The summed E-state index contributed by atoms with van der Waals surface area (Å²) in [5.74, 6) is 0.135. The maximum absolute atomic E-state index is 10.1. The van der Waals surface area contributed by atoms with E-state index in [2.05, 4.69) is 4.90 Å². The summed E-state index contributed by atoms with van der Waals surface area (Å²) >= 11 is 5.99. The maximum Gasteiger partial charge on any atom is 0.0677 e. The van der Waals surface area contributed by atoms with Gasteiger partial charge in [0.1, 0.15) is 0 Å². The van der Waals surface area contributed by atoms with Crippen molar-refractivity contribution in [2.45, 2.75) is 25.4 Å². The fraction of sp³-hybridized carbons (Fsp3) is 0.500. The van der Waals surface area contributed by atoms with E-state index in [1.54, 1.807) is 0 Å². The Morgan fingerprint density at radius 3 is 2.73 bits per heavy atom. The van der Waals surface area contributed by atoms with E-state index in [0.717, 1.165) is 17.1 Å². The van der Waals surface area contributed by atoms with Crippen LogP contribution in [0.4, 0.5) is 5.69 Å². The molecule has 1 atom stereocenters. The number of aliphatic hydroxyl groups is 1. The largest absolute Gasteiger partial charge is 0.390 e. The highest BCUT2D eigenvalue weighted by molar-refractivity contribution is 6.30. The molecule has 1 aliphatic rings. The lowest BCUT2D eigenvalue weighted by atomic mass is 9.86. The van der Waals surface area contributed by atoms with E-state index in [1.165, 1.54) is 5.69 Å². The average molecular weight is 226 g/mol. The molecule has 0 spiro atoms. The Morgan fingerprint density at radius 1 is 1.47 bits per heavy atom. The van der Waals surface area contributed by atoms with Gasteiger partial charge < -0.3 is 10.0 Å². The summed E-state index contributed by atoms with van der Waals surface area (Å²) in [4.78, 5) is 2.16. The molecule has 15 heavy (non-hydrogen) atoms. The van der Waals surface area contributed by atoms with Crippen LogP contribution in [0, 0.1) is 0 Å². The molecule has 0 amide bonds. The van der Waals surface area contributed by atoms with Crippen molar-refractivity contribution in [3.05, 3.63) is 28.8 Å². The van der Waals surface area contributed by atoms with Crippen LogP contribution in [-0.2, 0) is 0 Å². The van der Waals surface area contributed by atoms with Crippen molar-refractivity contribution in [2.75, 3.05) is 18.5 Å². The lowest BCUT2D eigenvalue weighted by Crippen LogP contribution is -2.32. The SMILES string of the molecule is CN1CC(C(C)(C)O)c2cc(Cl)ccc21. The molecule has 3 heteroatoms. The second kappa shape index (κ2) is 3.39. The van der Waals surface area contributed by atoms with Crippen LogP contribution in [0.5, 0.6) is 0 Å². The molecule has 0 aliphatic carbocycles. The quantitative estimate of drug-likeness (QED) is 0.795. The first-order chi connectivity index (χ1) is 6.89. The molecule has 2 nitrogen and oxygen atoms in total. The summed E-state index contributed by atoms with van der Waals surface area (Å²) in [5, 5.41) is 10.8. The molecule has 1 aromatic carbocycles. The molecule has 0 bridgehead atoms. The molecule has 0 saturated carbocycles. The van der Waals surface area contributed by atoms with Gasteiger partial charge in [0.15, 0.2) is 0 Å². The zero-order chi connectivity index (χ0) is 11.2. The molecule has 82 valence electrons. The van der Waals surface area contributed by atoms with Crippen LogP contribution in [0.25, 0.3) is 0 Å². The van der Waals surface area contributed by atoms with Crippen molar-refractivity contribution in [3.63, 3.8) is 0 Å². The summed E-state index contributed by atoms with van der Waals surface area (Å²) in [6, 6.07) is 5.87. The Balaban J connectivity index is 2.49. The Bertz CT molecular complexity index is 384. The third-order valence-electron chi connectivity index (χ3n) is 3.09. The summed E-state index contributed by atoms with van der Waals surface area (Å²) in [6.07, 6.45) is 0. The number of rotatable bonds is 1. The van der Waals surface area contributed by atoms with Crippen LogP contribution in [0.1, 0.15) is 25.3 Å². The monoisotopic (exact) mass is 225 g/mol. The minimum absolute atomic E-state index is 0.135. The smallest absolute Gasteiger partial charge is 0.0677 e. The van der Waals surface area contributed by atoms with Gasteiger partial charge in [-0.1, -0.05) is 11.6 Å². The Labute approximate surface area is 95.5 Å². The van der Waals surface area contributed by atoms with Crippen LogP contribution >= 0.6 is 11.6 Å². The van der Waals surface area contributed by atoms with E-state index in [4.69, 9.17) is 11.6 Å². The highest BCUT2D eigenvalue weighted by Crippen LogP contribution is 2.42. The molecule has 1 unspecified atom stereocenters. The number of halogens is 1. The van der Waals surface area contributed by atoms with Gasteiger partial charge in [0.25, 0.3) is 0 Å². The van der Waals surface area contributed by atoms with E-state index < -0.39 is 5.60 Å². The van der Waals surface area contributed by atoms with Gasteiger partial charge in [0.2, 0.25) is 0 Å². The molecule has 0 fully saturated rings. The van der Waals surface area contributed by atoms with Crippen molar-refractivity contribution in [3.8, 4) is 0 Å². The second-order valence-electron chi connectivity index (χ2n) is 4.79. The molecule has 1 N–H and O–H groups in total. The third-order valence-corrected chi connectivity index (χ3v) is 3.32. The fourth-order valence-corrected chi connectivity index (χ4v) is 2.41. The third kappa shape index (κ3) is 1.84. The molecule has 0 saturated heterocycles. The summed E-state index contributed by atoms with van der Waals surface area (Å²) in [6.45, 7) is 4.54. The van der Waals surface area contributed by atoms with E-state index in [9.17, 15) is 5.11 Å². The van der Waals surface area contributed by atoms with E-state index in [0.29, 0.717) is 0 Å².